The lowest BCUT2D eigenvalue weighted by Gasteiger charge is -2.11. The summed E-state index contributed by atoms with van der Waals surface area (Å²) in [6, 6.07) is 4.71. The Bertz CT molecular complexity index is 341. The van der Waals surface area contributed by atoms with Gasteiger partial charge in [-0.2, -0.15) is 0 Å². The van der Waals surface area contributed by atoms with Gasteiger partial charge in [-0.15, -0.1) is 0 Å². The quantitative estimate of drug-likeness (QED) is 0.735. The molecule has 1 rings (SSSR count). The molecule has 0 saturated heterocycles. The monoisotopic (exact) mass is 274 g/mol. The third-order valence-electron chi connectivity index (χ3n) is 2.47. The van der Waals surface area contributed by atoms with E-state index in [9.17, 15) is 4.39 Å². The second kappa shape index (κ2) is 8.43. The Balaban J connectivity index is 2.14. The van der Waals surface area contributed by atoms with E-state index in [-0.39, 0.29) is 5.82 Å². The zero-order valence-electron chi connectivity index (χ0n) is 10.9. The molecule has 0 heterocycles. The minimum Gasteiger partial charge on any atom is -0.379 e. The molecule has 102 valence electrons. The molecule has 1 aromatic rings. The van der Waals surface area contributed by atoms with Crippen LogP contribution in [0.4, 0.5) is 4.39 Å². The maximum absolute atomic E-state index is 13.4. The third-order valence-corrected chi connectivity index (χ3v) is 2.82. The maximum atomic E-state index is 13.4. The van der Waals surface area contributed by atoms with Gasteiger partial charge >= 0.3 is 0 Å². The van der Waals surface area contributed by atoms with Crippen molar-refractivity contribution >= 4 is 11.6 Å². The lowest BCUT2D eigenvalue weighted by molar-refractivity contribution is 0.119. The molecule has 5 heteroatoms. The van der Waals surface area contributed by atoms with Crippen LogP contribution in [0.15, 0.2) is 18.2 Å². The van der Waals surface area contributed by atoms with Gasteiger partial charge in [0.2, 0.25) is 0 Å². The molecule has 0 aliphatic rings. The van der Waals surface area contributed by atoms with Crippen LogP contribution in [0, 0.1) is 5.82 Å². The Morgan fingerprint density at radius 1 is 1.33 bits per heavy atom. The van der Waals surface area contributed by atoms with E-state index in [1.807, 2.05) is 14.1 Å². The molecule has 0 aromatic heterocycles. The predicted molar refractivity (Wildman–Crippen MR) is 72.5 cm³/mol. The van der Waals surface area contributed by atoms with Crippen molar-refractivity contribution in [1.29, 1.82) is 0 Å². The number of nitrogens with zero attached hydrogens (tertiary/aromatic N) is 1. The fourth-order valence-electron chi connectivity index (χ4n) is 1.41. The zero-order valence-corrected chi connectivity index (χ0v) is 11.6. The largest absolute Gasteiger partial charge is 0.379 e. The fourth-order valence-corrected chi connectivity index (χ4v) is 1.64. The average Bonchev–Trinajstić information content (AvgIpc) is 2.30. The Morgan fingerprint density at radius 3 is 2.78 bits per heavy atom. The van der Waals surface area contributed by atoms with Crippen LogP contribution in [0.3, 0.4) is 0 Å². The van der Waals surface area contributed by atoms with Crippen LogP contribution < -0.4 is 5.32 Å². The number of benzene rings is 1. The summed E-state index contributed by atoms with van der Waals surface area (Å²) in [5.41, 5.74) is 0.507. The van der Waals surface area contributed by atoms with Crippen molar-refractivity contribution < 1.29 is 9.13 Å². The molecule has 0 radical (unpaired) electrons. The van der Waals surface area contributed by atoms with Gasteiger partial charge in [-0.25, -0.2) is 4.39 Å². The third kappa shape index (κ3) is 5.78. The lowest BCUT2D eigenvalue weighted by Crippen LogP contribution is -2.23. The molecule has 0 aliphatic carbocycles. The van der Waals surface area contributed by atoms with Crippen LogP contribution in [0.5, 0.6) is 0 Å². The van der Waals surface area contributed by atoms with Gasteiger partial charge < -0.3 is 15.0 Å². The van der Waals surface area contributed by atoms with Crippen molar-refractivity contribution in [3.63, 3.8) is 0 Å². The van der Waals surface area contributed by atoms with E-state index in [2.05, 4.69) is 10.2 Å². The van der Waals surface area contributed by atoms with E-state index in [1.165, 1.54) is 6.07 Å². The average molecular weight is 275 g/mol. The zero-order chi connectivity index (χ0) is 13.4. The van der Waals surface area contributed by atoms with Gasteiger partial charge in [0.1, 0.15) is 5.82 Å². The van der Waals surface area contributed by atoms with Gasteiger partial charge in [0.25, 0.3) is 0 Å². The van der Waals surface area contributed by atoms with Crippen LogP contribution in [0.1, 0.15) is 5.56 Å². The minimum absolute atomic E-state index is 0.275. The van der Waals surface area contributed by atoms with Crippen molar-refractivity contribution in [3.05, 3.63) is 34.6 Å². The molecule has 18 heavy (non-hydrogen) atoms. The van der Waals surface area contributed by atoms with Crippen molar-refractivity contribution in [2.75, 3.05) is 40.4 Å². The van der Waals surface area contributed by atoms with Crippen LogP contribution in [-0.4, -0.2) is 45.3 Å². The summed E-state index contributed by atoms with van der Waals surface area (Å²) in [4.78, 5) is 2.06. The van der Waals surface area contributed by atoms with Crippen LogP contribution in [0.25, 0.3) is 0 Å². The Hall–Kier alpha value is -0.680. The molecule has 1 N–H and O–H groups in total. The van der Waals surface area contributed by atoms with Gasteiger partial charge in [0, 0.05) is 30.2 Å². The molecule has 0 unspecified atom stereocenters. The molecule has 1 aromatic carbocycles. The van der Waals surface area contributed by atoms with E-state index < -0.39 is 0 Å². The summed E-state index contributed by atoms with van der Waals surface area (Å²) >= 11 is 5.91. The normalized spacial score (nSPS) is 11.2. The summed E-state index contributed by atoms with van der Waals surface area (Å²) in [5, 5.41) is 3.56. The van der Waals surface area contributed by atoms with E-state index >= 15 is 0 Å². The molecular formula is C13H20ClFN2O. The second-order valence-electron chi connectivity index (χ2n) is 4.29. The van der Waals surface area contributed by atoms with E-state index in [4.69, 9.17) is 16.3 Å². The molecule has 0 aliphatic heterocycles. The summed E-state index contributed by atoms with van der Waals surface area (Å²) in [7, 11) is 4.00. The number of rotatable bonds is 8. The number of nitrogens with one attached hydrogen (secondary N) is 1. The number of likely N-dealkylation sites (N-methyl/N-ethyl adjacent to an activating group) is 1. The van der Waals surface area contributed by atoms with E-state index in [1.54, 1.807) is 12.1 Å². The van der Waals surface area contributed by atoms with Gasteiger partial charge in [-0.3, -0.25) is 0 Å². The molecule has 0 amide bonds. The molecule has 0 bridgehead atoms. The number of hydrogen-bond acceptors (Lipinski definition) is 3. The molecule has 3 nitrogen and oxygen atoms in total. The predicted octanol–water partition coefficient (Wildman–Crippen LogP) is 2.15. The highest BCUT2D eigenvalue weighted by Crippen LogP contribution is 2.18. The first-order valence-electron chi connectivity index (χ1n) is 5.97. The standard InChI is InChI=1S/C13H20ClFN2O/c1-17(2)7-9-18-8-6-16-10-11-12(14)4-3-5-13(11)15/h3-5,16H,6-10H2,1-2H3. The first kappa shape index (κ1) is 15.4. The summed E-state index contributed by atoms with van der Waals surface area (Å²) in [6.45, 7) is 3.31. The van der Waals surface area contributed by atoms with Gasteiger partial charge in [-0.05, 0) is 26.2 Å². The smallest absolute Gasteiger partial charge is 0.129 e. The molecule has 0 atom stereocenters. The van der Waals surface area contributed by atoms with Crippen LogP contribution >= 0.6 is 11.6 Å². The van der Waals surface area contributed by atoms with Crippen molar-refractivity contribution in [2.24, 2.45) is 0 Å². The van der Waals surface area contributed by atoms with Crippen LogP contribution in [0.2, 0.25) is 5.02 Å². The lowest BCUT2D eigenvalue weighted by atomic mass is 10.2. The highest BCUT2D eigenvalue weighted by molar-refractivity contribution is 6.31. The summed E-state index contributed by atoms with van der Waals surface area (Å²) in [6.07, 6.45) is 0. The maximum Gasteiger partial charge on any atom is 0.129 e. The Morgan fingerprint density at radius 2 is 2.11 bits per heavy atom. The summed E-state index contributed by atoms with van der Waals surface area (Å²) in [5.74, 6) is -0.275. The number of hydrogen-bond donors (Lipinski definition) is 1. The van der Waals surface area contributed by atoms with E-state index in [0.717, 1.165) is 6.54 Å². The topological polar surface area (TPSA) is 24.5 Å². The van der Waals surface area contributed by atoms with Gasteiger partial charge in [-0.1, -0.05) is 17.7 Å². The first-order valence-corrected chi connectivity index (χ1v) is 6.35. The summed E-state index contributed by atoms with van der Waals surface area (Å²) < 4.78 is 18.8. The van der Waals surface area contributed by atoms with E-state index in [0.29, 0.717) is 36.9 Å². The van der Waals surface area contributed by atoms with Gasteiger partial charge in [0.15, 0.2) is 0 Å². The SMILES string of the molecule is CN(C)CCOCCNCc1c(F)cccc1Cl. The van der Waals surface area contributed by atoms with Crippen molar-refractivity contribution in [1.82, 2.24) is 10.2 Å². The number of halogens is 2. The molecule has 0 saturated carbocycles. The second-order valence-corrected chi connectivity index (χ2v) is 4.70. The fraction of sp³-hybridized carbons (Fsp3) is 0.538. The Labute approximate surface area is 113 Å². The minimum atomic E-state index is -0.275. The molecular weight excluding hydrogens is 255 g/mol. The Kier molecular flexibility index (Phi) is 7.20. The molecule has 0 fully saturated rings. The van der Waals surface area contributed by atoms with Crippen molar-refractivity contribution in [3.8, 4) is 0 Å². The molecule has 0 spiro atoms. The highest BCUT2D eigenvalue weighted by atomic mass is 35.5. The van der Waals surface area contributed by atoms with Gasteiger partial charge in [0.05, 0.1) is 13.2 Å². The van der Waals surface area contributed by atoms with Crippen LogP contribution in [-0.2, 0) is 11.3 Å². The highest BCUT2D eigenvalue weighted by Gasteiger charge is 2.05. The first-order chi connectivity index (χ1) is 8.61. The number of ether oxygens (including phenoxy) is 1. The van der Waals surface area contributed by atoms with Crippen molar-refractivity contribution in [2.45, 2.75) is 6.54 Å².